The highest BCUT2D eigenvalue weighted by Crippen LogP contribution is 2.05. The molecule has 1 aromatic rings. The van der Waals surface area contributed by atoms with Gasteiger partial charge in [-0.2, -0.15) is 0 Å². The Morgan fingerprint density at radius 2 is 2.00 bits per heavy atom. The monoisotopic (exact) mass is 209 g/mol. The maximum absolute atomic E-state index is 10.5. The fourth-order valence-corrected chi connectivity index (χ4v) is 1.37. The maximum Gasteiger partial charge on any atom is 0.404 e. The summed E-state index contributed by atoms with van der Waals surface area (Å²) in [5, 5.41) is 20.3. The van der Waals surface area contributed by atoms with Gasteiger partial charge in [-0.1, -0.05) is 30.3 Å². The van der Waals surface area contributed by atoms with Gasteiger partial charge in [-0.15, -0.1) is 0 Å². The van der Waals surface area contributed by atoms with E-state index in [-0.39, 0.29) is 0 Å². The normalized spacial score (nSPS) is 14.3. The Bertz CT molecular complexity index is 311. The van der Waals surface area contributed by atoms with Crippen molar-refractivity contribution in [1.29, 1.82) is 0 Å². The molecule has 4 nitrogen and oxygen atoms in total. The molecule has 4 heteroatoms. The van der Waals surface area contributed by atoms with Crippen molar-refractivity contribution in [3.63, 3.8) is 0 Å². The minimum Gasteiger partial charge on any atom is -0.465 e. The molecule has 15 heavy (non-hydrogen) atoms. The molecule has 1 rings (SSSR count). The third kappa shape index (κ3) is 3.99. The van der Waals surface area contributed by atoms with Crippen LogP contribution in [0.2, 0.25) is 0 Å². The quantitative estimate of drug-likeness (QED) is 0.699. The third-order valence-electron chi connectivity index (χ3n) is 2.19. The van der Waals surface area contributed by atoms with Gasteiger partial charge >= 0.3 is 6.09 Å². The lowest BCUT2D eigenvalue weighted by Gasteiger charge is -2.19. The molecule has 2 unspecified atom stereocenters. The number of carbonyl (C=O) groups is 1. The molecule has 0 saturated carbocycles. The second-order valence-corrected chi connectivity index (χ2v) is 3.49. The van der Waals surface area contributed by atoms with Gasteiger partial charge in [0, 0.05) is 0 Å². The van der Waals surface area contributed by atoms with Crippen LogP contribution >= 0.6 is 0 Å². The van der Waals surface area contributed by atoms with E-state index in [1.165, 1.54) is 0 Å². The highest BCUT2D eigenvalue weighted by molar-refractivity contribution is 5.65. The zero-order valence-electron chi connectivity index (χ0n) is 8.55. The summed E-state index contributed by atoms with van der Waals surface area (Å²) in [5.41, 5.74) is 0.997. The first-order valence-corrected chi connectivity index (χ1v) is 4.81. The Balaban J connectivity index is 2.63. The minimum atomic E-state index is -1.11. The number of nitrogens with one attached hydrogen (secondary N) is 1. The summed E-state index contributed by atoms with van der Waals surface area (Å²) in [4.78, 5) is 10.5. The smallest absolute Gasteiger partial charge is 0.404 e. The molecule has 0 aliphatic heterocycles. The molecule has 3 N–H and O–H groups in total. The molecule has 0 aliphatic carbocycles. The van der Waals surface area contributed by atoms with Crippen molar-refractivity contribution in [2.45, 2.75) is 25.5 Å². The number of hydrogen-bond donors (Lipinski definition) is 3. The first-order chi connectivity index (χ1) is 7.09. The largest absolute Gasteiger partial charge is 0.465 e. The van der Waals surface area contributed by atoms with Crippen LogP contribution in [0.15, 0.2) is 30.3 Å². The number of hydrogen-bond acceptors (Lipinski definition) is 2. The first-order valence-electron chi connectivity index (χ1n) is 4.81. The second kappa shape index (κ2) is 5.36. The van der Waals surface area contributed by atoms with Crippen LogP contribution in [0.1, 0.15) is 12.5 Å². The zero-order chi connectivity index (χ0) is 11.3. The number of aliphatic hydroxyl groups excluding tert-OH is 1. The van der Waals surface area contributed by atoms with Crippen molar-refractivity contribution in [3.8, 4) is 0 Å². The van der Waals surface area contributed by atoms with Crippen molar-refractivity contribution in [2.75, 3.05) is 0 Å². The van der Waals surface area contributed by atoms with E-state index in [1.807, 2.05) is 30.3 Å². The second-order valence-electron chi connectivity index (χ2n) is 3.49. The van der Waals surface area contributed by atoms with Crippen LogP contribution in [0, 0.1) is 0 Å². The number of carboxylic acid groups (broad SMARTS) is 1. The van der Waals surface area contributed by atoms with Gasteiger partial charge in [0.05, 0.1) is 12.1 Å². The third-order valence-corrected chi connectivity index (χ3v) is 2.19. The number of aliphatic hydroxyl groups is 1. The molecule has 1 amide bonds. The van der Waals surface area contributed by atoms with E-state index in [2.05, 4.69) is 5.32 Å². The average molecular weight is 209 g/mol. The lowest BCUT2D eigenvalue weighted by atomic mass is 10.0. The van der Waals surface area contributed by atoms with Crippen LogP contribution in [0.25, 0.3) is 0 Å². The van der Waals surface area contributed by atoms with Gasteiger partial charge in [0.2, 0.25) is 0 Å². The lowest BCUT2D eigenvalue weighted by molar-refractivity contribution is 0.133. The summed E-state index contributed by atoms with van der Waals surface area (Å²) in [6, 6.07) is 9.00. The summed E-state index contributed by atoms with van der Waals surface area (Å²) in [7, 11) is 0. The van der Waals surface area contributed by atoms with E-state index in [0.717, 1.165) is 5.56 Å². The molecule has 0 aliphatic rings. The molecular formula is C11H15NO3. The van der Waals surface area contributed by atoms with Crippen molar-refractivity contribution in [1.82, 2.24) is 5.32 Å². The average Bonchev–Trinajstić information content (AvgIpc) is 2.17. The van der Waals surface area contributed by atoms with Crippen LogP contribution in [0.4, 0.5) is 4.79 Å². The number of rotatable bonds is 4. The molecule has 1 aromatic carbocycles. The van der Waals surface area contributed by atoms with Crippen LogP contribution in [-0.4, -0.2) is 28.5 Å². The van der Waals surface area contributed by atoms with Gasteiger partial charge < -0.3 is 15.5 Å². The van der Waals surface area contributed by atoms with Gasteiger partial charge in [0.25, 0.3) is 0 Å². The first kappa shape index (κ1) is 11.5. The van der Waals surface area contributed by atoms with Gasteiger partial charge in [-0.3, -0.25) is 0 Å². The van der Waals surface area contributed by atoms with Crippen LogP contribution < -0.4 is 5.32 Å². The van der Waals surface area contributed by atoms with E-state index < -0.39 is 18.2 Å². The van der Waals surface area contributed by atoms with Gasteiger partial charge in [-0.25, -0.2) is 4.79 Å². The molecule has 0 radical (unpaired) electrons. The fourth-order valence-electron chi connectivity index (χ4n) is 1.37. The topological polar surface area (TPSA) is 69.6 Å². The molecular weight excluding hydrogens is 194 g/mol. The molecule has 0 fully saturated rings. The maximum atomic E-state index is 10.5. The van der Waals surface area contributed by atoms with Gasteiger partial charge in [-0.05, 0) is 18.9 Å². The molecule has 0 heterocycles. The molecule has 0 saturated heterocycles. The van der Waals surface area contributed by atoms with Crippen LogP contribution in [-0.2, 0) is 6.42 Å². The van der Waals surface area contributed by atoms with E-state index in [0.29, 0.717) is 6.42 Å². The molecule has 0 spiro atoms. The Morgan fingerprint density at radius 1 is 1.40 bits per heavy atom. The Labute approximate surface area is 88.6 Å². The summed E-state index contributed by atoms with van der Waals surface area (Å²) in [6.45, 7) is 1.57. The number of amides is 1. The van der Waals surface area contributed by atoms with Crippen molar-refractivity contribution in [3.05, 3.63) is 35.9 Å². The predicted octanol–water partition coefficient (Wildman–Crippen LogP) is 1.25. The van der Waals surface area contributed by atoms with Gasteiger partial charge in [0.15, 0.2) is 0 Å². The SMILES string of the molecule is CC(O)C(Cc1ccccc1)NC(=O)O. The standard InChI is InChI=1S/C11H15NO3/c1-8(13)10(12-11(14)15)7-9-5-3-2-4-6-9/h2-6,8,10,12-13H,7H2,1H3,(H,14,15). The fraction of sp³-hybridized carbons (Fsp3) is 0.364. The Morgan fingerprint density at radius 3 is 2.47 bits per heavy atom. The summed E-state index contributed by atoms with van der Waals surface area (Å²) >= 11 is 0. The Hall–Kier alpha value is -1.55. The van der Waals surface area contributed by atoms with E-state index in [1.54, 1.807) is 6.92 Å². The van der Waals surface area contributed by atoms with E-state index in [9.17, 15) is 9.90 Å². The summed E-state index contributed by atoms with van der Waals surface area (Å²) in [6.07, 6.45) is -1.33. The van der Waals surface area contributed by atoms with Gasteiger partial charge in [0.1, 0.15) is 0 Å². The summed E-state index contributed by atoms with van der Waals surface area (Å²) in [5.74, 6) is 0. The van der Waals surface area contributed by atoms with Crippen molar-refractivity contribution < 1.29 is 15.0 Å². The van der Waals surface area contributed by atoms with E-state index >= 15 is 0 Å². The van der Waals surface area contributed by atoms with Crippen LogP contribution in [0.3, 0.4) is 0 Å². The lowest BCUT2D eigenvalue weighted by Crippen LogP contribution is -2.42. The minimum absolute atomic E-state index is 0.468. The summed E-state index contributed by atoms with van der Waals surface area (Å²) < 4.78 is 0. The van der Waals surface area contributed by atoms with Crippen molar-refractivity contribution in [2.24, 2.45) is 0 Å². The van der Waals surface area contributed by atoms with Crippen LogP contribution in [0.5, 0.6) is 0 Å². The highest BCUT2D eigenvalue weighted by atomic mass is 16.4. The van der Waals surface area contributed by atoms with Crippen molar-refractivity contribution >= 4 is 6.09 Å². The molecule has 0 bridgehead atoms. The molecule has 0 aromatic heterocycles. The predicted molar refractivity (Wildman–Crippen MR) is 56.8 cm³/mol. The molecule has 82 valence electrons. The molecule has 2 atom stereocenters. The Kier molecular flexibility index (Phi) is 4.12. The highest BCUT2D eigenvalue weighted by Gasteiger charge is 2.17. The zero-order valence-corrected chi connectivity index (χ0v) is 8.55. The van der Waals surface area contributed by atoms with E-state index in [4.69, 9.17) is 5.11 Å². The number of benzene rings is 1.